The molecule has 1 heterocycles. The highest BCUT2D eigenvalue weighted by Crippen LogP contribution is 2.31. The number of nitrogens with zero attached hydrogens (tertiary/aromatic N) is 1. The first-order chi connectivity index (χ1) is 15.6. The molecule has 6 nitrogen and oxygen atoms in total. The van der Waals surface area contributed by atoms with E-state index in [1.165, 1.54) is 0 Å². The van der Waals surface area contributed by atoms with Crippen molar-refractivity contribution in [2.75, 3.05) is 20.2 Å². The highest BCUT2D eigenvalue weighted by molar-refractivity contribution is 5.97. The highest BCUT2D eigenvalue weighted by atomic mass is 16.6. The first-order valence-electron chi connectivity index (χ1n) is 10.6. The molecule has 1 aliphatic heterocycles. The normalized spacial score (nSPS) is 15.5. The van der Waals surface area contributed by atoms with Gasteiger partial charge >= 0.3 is 0 Å². The highest BCUT2D eigenvalue weighted by Gasteiger charge is 2.29. The quantitative estimate of drug-likeness (QED) is 0.624. The number of carbonyl (C=O) groups excluding carboxylic acids is 2. The summed E-state index contributed by atoms with van der Waals surface area (Å²) in [4.78, 5) is 27.7. The number of carbonyl (C=O) groups is 2. The molecule has 0 saturated carbocycles. The maximum atomic E-state index is 13.3. The minimum atomic E-state index is -0.702. The zero-order valence-electron chi connectivity index (χ0n) is 17.9. The van der Waals surface area contributed by atoms with Crippen LogP contribution in [0.4, 0.5) is 0 Å². The molecule has 1 N–H and O–H groups in total. The van der Waals surface area contributed by atoms with Gasteiger partial charge in [-0.25, -0.2) is 0 Å². The molecule has 0 aromatic heterocycles. The van der Waals surface area contributed by atoms with Gasteiger partial charge in [-0.1, -0.05) is 60.7 Å². The van der Waals surface area contributed by atoms with Crippen molar-refractivity contribution in [3.8, 4) is 11.5 Å². The first-order valence-corrected chi connectivity index (χ1v) is 10.6. The van der Waals surface area contributed by atoms with Crippen LogP contribution in [0.2, 0.25) is 0 Å². The van der Waals surface area contributed by atoms with Gasteiger partial charge in [-0.15, -0.1) is 0 Å². The molecule has 6 heteroatoms. The Morgan fingerprint density at radius 3 is 2.28 bits per heavy atom. The molecular formula is C26H26N2O4. The van der Waals surface area contributed by atoms with Gasteiger partial charge in [0.15, 0.2) is 17.6 Å². The van der Waals surface area contributed by atoms with Crippen molar-refractivity contribution < 1.29 is 19.1 Å². The van der Waals surface area contributed by atoms with Gasteiger partial charge < -0.3 is 19.7 Å². The lowest BCUT2D eigenvalue weighted by Gasteiger charge is -2.31. The lowest BCUT2D eigenvalue weighted by molar-refractivity contribution is -0.133. The second kappa shape index (κ2) is 10.0. The van der Waals surface area contributed by atoms with Gasteiger partial charge in [-0.2, -0.15) is 0 Å². The summed E-state index contributed by atoms with van der Waals surface area (Å²) in [5.41, 5.74) is 1.49. The summed E-state index contributed by atoms with van der Waals surface area (Å²) in [6.45, 7) is 0.702. The minimum Gasteiger partial charge on any atom is -0.486 e. The number of hydrogen-bond acceptors (Lipinski definition) is 4. The van der Waals surface area contributed by atoms with Gasteiger partial charge in [0.1, 0.15) is 12.6 Å². The van der Waals surface area contributed by atoms with E-state index in [4.69, 9.17) is 9.47 Å². The molecule has 1 aliphatic rings. The predicted molar refractivity (Wildman–Crippen MR) is 122 cm³/mol. The molecule has 0 fully saturated rings. The fourth-order valence-corrected chi connectivity index (χ4v) is 3.70. The number of hydrogen-bond donors (Lipinski definition) is 1. The summed E-state index contributed by atoms with van der Waals surface area (Å²) >= 11 is 0. The standard InChI is InChI=1S/C26H26N2O4/c1-28(17-21-18-31-23-14-8-9-15-24(23)32-21)26(30)22(16-19-10-4-2-5-11-19)27-25(29)20-12-6-3-7-13-20/h2-15,21-22H,16-18H2,1H3,(H,27,29)/t21-,22+/m0/s1. The Kier molecular flexibility index (Phi) is 6.70. The lowest BCUT2D eigenvalue weighted by Crippen LogP contribution is -2.51. The van der Waals surface area contributed by atoms with Crippen molar-refractivity contribution in [3.63, 3.8) is 0 Å². The smallest absolute Gasteiger partial charge is 0.251 e. The van der Waals surface area contributed by atoms with Crippen LogP contribution in [-0.2, 0) is 11.2 Å². The molecule has 3 aromatic carbocycles. The number of ether oxygens (including phenoxy) is 2. The molecule has 0 aliphatic carbocycles. The molecule has 32 heavy (non-hydrogen) atoms. The third-order valence-electron chi connectivity index (χ3n) is 5.34. The van der Waals surface area contributed by atoms with Crippen molar-refractivity contribution in [2.45, 2.75) is 18.6 Å². The van der Waals surface area contributed by atoms with E-state index in [0.717, 1.165) is 5.56 Å². The summed E-state index contributed by atoms with van der Waals surface area (Å²) in [5, 5.41) is 2.91. The number of amides is 2. The predicted octanol–water partition coefficient (Wildman–Crippen LogP) is 3.33. The summed E-state index contributed by atoms with van der Waals surface area (Å²) < 4.78 is 11.8. The van der Waals surface area contributed by atoms with Crippen LogP contribution in [-0.4, -0.2) is 49.1 Å². The lowest BCUT2D eigenvalue weighted by atomic mass is 10.0. The Labute approximate surface area is 187 Å². The molecule has 3 aromatic rings. The molecule has 0 spiro atoms. The Hall–Kier alpha value is -3.80. The molecule has 0 saturated heterocycles. The van der Waals surface area contributed by atoms with Crippen LogP contribution < -0.4 is 14.8 Å². The second-order valence-corrected chi connectivity index (χ2v) is 7.80. The van der Waals surface area contributed by atoms with Crippen molar-refractivity contribution in [1.82, 2.24) is 10.2 Å². The van der Waals surface area contributed by atoms with Crippen LogP contribution in [0.25, 0.3) is 0 Å². The van der Waals surface area contributed by atoms with Crippen molar-refractivity contribution in [1.29, 1.82) is 0 Å². The number of nitrogens with one attached hydrogen (secondary N) is 1. The van der Waals surface area contributed by atoms with Crippen molar-refractivity contribution in [3.05, 3.63) is 96.1 Å². The van der Waals surface area contributed by atoms with Crippen LogP contribution >= 0.6 is 0 Å². The molecule has 0 radical (unpaired) electrons. The van der Waals surface area contributed by atoms with Gasteiger partial charge in [0, 0.05) is 19.0 Å². The molecule has 164 valence electrons. The second-order valence-electron chi connectivity index (χ2n) is 7.80. The third-order valence-corrected chi connectivity index (χ3v) is 5.34. The van der Waals surface area contributed by atoms with E-state index in [0.29, 0.717) is 36.6 Å². The maximum absolute atomic E-state index is 13.3. The fourth-order valence-electron chi connectivity index (χ4n) is 3.70. The van der Waals surface area contributed by atoms with Crippen LogP contribution in [0.5, 0.6) is 11.5 Å². The summed E-state index contributed by atoms with van der Waals surface area (Å²) in [5.74, 6) is 0.915. The van der Waals surface area contributed by atoms with Crippen LogP contribution in [0.3, 0.4) is 0 Å². The van der Waals surface area contributed by atoms with E-state index in [1.54, 1.807) is 36.2 Å². The Morgan fingerprint density at radius 2 is 1.56 bits per heavy atom. The van der Waals surface area contributed by atoms with Crippen molar-refractivity contribution >= 4 is 11.8 Å². The van der Waals surface area contributed by atoms with E-state index >= 15 is 0 Å². The van der Waals surface area contributed by atoms with E-state index in [-0.39, 0.29) is 17.9 Å². The van der Waals surface area contributed by atoms with Crippen LogP contribution in [0.1, 0.15) is 15.9 Å². The molecule has 2 amide bonds. The van der Waals surface area contributed by atoms with Gasteiger partial charge in [0.25, 0.3) is 5.91 Å². The molecule has 0 bridgehead atoms. The average molecular weight is 431 g/mol. The van der Waals surface area contributed by atoms with E-state index < -0.39 is 6.04 Å². The summed E-state index contributed by atoms with van der Waals surface area (Å²) in [6, 6.07) is 25.3. The first kappa shape index (κ1) is 21.4. The monoisotopic (exact) mass is 430 g/mol. The Balaban J connectivity index is 1.45. The summed E-state index contributed by atoms with van der Waals surface area (Å²) in [7, 11) is 1.72. The zero-order chi connectivity index (χ0) is 22.3. The largest absolute Gasteiger partial charge is 0.486 e. The molecular weight excluding hydrogens is 404 g/mol. The van der Waals surface area contributed by atoms with Gasteiger partial charge in [-0.3, -0.25) is 9.59 Å². The van der Waals surface area contributed by atoms with Gasteiger partial charge in [0.2, 0.25) is 5.91 Å². The average Bonchev–Trinajstić information content (AvgIpc) is 2.84. The number of rotatable bonds is 7. The number of fused-ring (bicyclic) bond motifs is 1. The van der Waals surface area contributed by atoms with Crippen molar-refractivity contribution in [2.24, 2.45) is 0 Å². The Bertz CT molecular complexity index is 1060. The van der Waals surface area contributed by atoms with E-state index in [9.17, 15) is 9.59 Å². The number of likely N-dealkylation sites (N-methyl/N-ethyl adjacent to an activating group) is 1. The zero-order valence-corrected chi connectivity index (χ0v) is 17.9. The molecule has 2 atom stereocenters. The van der Waals surface area contributed by atoms with Gasteiger partial charge in [-0.05, 0) is 29.8 Å². The summed E-state index contributed by atoms with van der Waals surface area (Å²) in [6.07, 6.45) is 0.106. The maximum Gasteiger partial charge on any atom is 0.251 e. The third kappa shape index (κ3) is 5.27. The fraction of sp³-hybridized carbons (Fsp3) is 0.231. The number of benzene rings is 3. The molecule has 4 rings (SSSR count). The topological polar surface area (TPSA) is 67.9 Å². The number of para-hydroxylation sites is 2. The van der Waals surface area contributed by atoms with E-state index in [1.807, 2.05) is 60.7 Å². The SMILES string of the molecule is CN(C[C@H]1COc2ccccc2O1)C(=O)[C@@H](Cc1ccccc1)NC(=O)c1ccccc1. The minimum absolute atomic E-state index is 0.180. The van der Waals surface area contributed by atoms with E-state index in [2.05, 4.69) is 5.32 Å². The Morgan fingerprint density at radius 1 is 0.938 bits per heavy atom. The molecule has 0 unspecified atom stereocenters. The van der Waals surface area contributed by atoms with Crippen LogP contribution in [0, 0.1) is 0 Å². The van der Waals surface area contributed by atoms with Gasteiger partial charge in [0.05, 0.1) is 6.54 Å². The van der Waals surface area contributed by atoms with Crippen LogP contribution in [0.15, 0.2) is 84.9 Å².